The average molecular weight is 411 g/mol. The van der Waals surface area contributed by atoms with Gasteiger partial charge in [-0.15, -0.1) is 0 Å². The molecule has 2 aromatic rings. The Morgan fingerprint density at radius 3 is 2.41 bits per heavy atom. The summed E-state index contributed by atoms with van der Waals surface area (Å²) in [5, 5.41) is 0.330. The molecule has 142 valence electrons. The van der Waals surface area contributed by atoms with Gasteiger partial charge in [0.25, 0.3) is 5.91 Å². The second-order valence-corrected chi connectivity index (χ2v) is 6.78. The van der Waals surface area contributed by atoms with Crippen LogP contribution in [-0.2, 0) is 9.53 Å². The van der Waals surface area contributed by atoms with Crippen LogP contribution < -0.4 is 4.90 Å². The molecule has 1 aliphatic heterocycles. The first-order valence-electron chi connectivity index (χ1n) is 8.36. The van der Waals surface area contributed by atoms with Gasteiger partial charge >= 0.3 is 5.97 Å². The van der Waals surface area contributed by atoms with E-state index >= 15 is 0 Å². The summed E-state index contributed by atoms with van der Waals surface area (Å²) in [4.78, 5) is 27.9. The minimum Gasteiger partial charge on any atom is -0.452 e. The van der Waals surface area contributed by atoms with E-state index in [0.29, 0.717) is 31.9 Å². The standard InChI is InChI=1S/C19H17Cl2FN2O3/c20-14-5-3-4-13(18(14)21)19(26)27-12-17(25)24-10-8-23(9-11-24)16-7-2-1-6-15(16)22/h1-7H,8-12H2. The molecule has 5 nitrogen and oxygen atoms in total. The van der Waals surface area contributed by atoms with Gasteiger partial charge in [0.1, 0.15) is 5.82 Å². The van der Waals surface area contributed by atoms with Crippen molar-refractivity contribution in [3.05, 3.63) is 63.9 Å². The van der Waals surface area contributed by atoms with E-state index in [1.807, 2.05) is 4.90 Å². The van der Waals surface area contributed by atoms with Crippen molar-refractivity contribution in [2.75, 3.05) is 37.7 Å². The first-order chi connectivity index (χ1) is 13.0. The quantitative estimate of drug-likeness (QED) is 0.721. The minimum atomic E-state index is -0.708. The van der Waals surface area contributed by atoms with Crippen molar-refractivity contribution < 1.29 is 18.7 Å². The zero-order chi connectivity index (χ0) is 19.4. The van der Waals surface area contributed by atoms with Crippen LogP contribution in [-0.4, -0.2) is 49.6 Å². The van der Waals surface area contributed by atoms with E-state index in [4.69, 9.17) is 27.9 Å². The molecule has 1 saturated heterocycles. The van der Waals surface area contributed by atoms with Crippen LogP contribution in [0.4, 0.5) is 10.1 Å². The van der Waals surface area contributed by atoms with Crippen LogP contribution in [0.25, 0.3) is 0 Å². The van der Waals surface area contributed by atoms with Crippen molar-refractivity contribution in [1.29, 1.82) is 0 Å². The number of carbonyl (C=O) groups excluding carboxylic acids is 2. The van der Waals surface area contributed by atoms with Crippen LogP contribution in [0.3, 0.4) is 0 Å². The van der Waals surface area contributed by atoms with E-state index in [1.54, 1.807) is 35.2 Å². The highest BCUT2D eigenvalue weighted by Gasteiger charge is 2.24. The summed E-state index contributed by atoms with van der Waals surface area (Å²) < 4.78 is 18.9. The van der Waals surface area contributed by atoms with Crippen LogP contribution >= 0.6 is 23.2 Å². The number of carbonyl (C=O) groups is 2. The second-order valence-electron chi connectivity index (χ2n) is 6.00. The SMILES string of the molecule is O=C(OCC(=O)N1CCN(c2ccccc2F)CC1)c1cccc(Cl)c1Cl. The van der Waals surface area contributed by atoms with Gasteiger partial charge in [-0.05, 0) is 24.3 Å². The molecule has 0 spiro atoms. The van der Waals surface area contributed by atoms with Crippen molar-refractivity contribution in [2.24, 2.45) is 0 Å². The summed E-state index contributed by atoms with van der Waals surface area (Å²) in [5.74, 6) is -1.31. The summed E-state index contributed by atoms with van der Waals surface area (Å²) in [7, 11) is 0. The van der Waals surface area contributed by atoms with E-state index in [-0.39, 0.29) is 33.9 Å². The molecule has 0 saturated carbocycles. The maximum absolute atomic E-state index is 13.9. The molecule has 1 fully saturated rings. The molecule has 2 aromatic carbocycles. The Balaban J connectivity index is 1.52. The summed E-state index contributed by atoms with van der Waals surface area (Å²) >= 11 is 11.8. The summed E-state index contributed by atoms with van der Waals surface area (Å²) in [6.07, 6.45) is 0. The van der Waals surface area contributed by atoms with Gasteiger partial charge in [-0.1, -0.05) is 41.4 Å². The highest BCUT2D eigenvalue weighted by Crippen LogP contribution is 2.26. The average Bonchev–Trinajstić information content (AvgIpc) is 2.68. The number of rotatable bonds is 4. The molecule has 0 aliphatic carbocycles. The van der Waals surface area contributed by atoms with Gasteiger partial charge in [-0.3, -0.25) is 4.79 Å². The van der Waals surface area contributed by atoms with E-state index < -0.39 is 5.97 Å². The first-order valence-corrected chi connectivity index (χ1v) is 9.11. The number of anilines is 1. The number of nitrogens with zero attached hydrogens (tertiary/aromatic N) is 2. The predicted molar refractivity (Wildman–Crippen MR) is 102 cm³/mol. The van der Waals surface area contributed by atoms with E-state index in [0.717, 1.165) is 0 Å². The Morgan fingerprint density at radius 2 is 1.70 bits per heavy atom. The number of hydrogen-bond acceptors (Lipinski definition) is 4. The van der Waals surface area contributed by atoms with Gasteiger partial charge in [-0.25, -0.2) is 9.18 Å². The molecule has 8 heteroatoms. The third-order valence-electron chi connectivity index (χ3n) is 4.32. The Labute approximate surface area is 166 Å². The van der Waals surface area contributed by atoms with E-state index in [2.05, 4.69) is 0 Å². The van der Waals surface area contributed by atoms with Gasteiger partial charge in [0.05, 0.1) is 21.3 Å². The Bertz CT molecular complexity index is 855. The molecule has 0 bridgehead atoms. The molecule has 3 rings (SSSR count). The fraction of sp³-hybridized carbons (Fsp3) is 0.263. The van der Waals surface area contributed by atoms with Crippen LogP contribution in [0.5, 0.6) is 0 Å². The number of amides is 1. The number of esters is 1. The molecular formula is C19H17Cl2FN2O3. The maximum Gasteiger partial charge on any atom is 0.340 e. The zero-order valence-corrected chi connectivity index (χ0v) is 15.8. The normalized spacial score (nSPS) is 14.2. The number of ether oxygens (including phenoxy) is 1. The number of piperazine rings is 1. The topological polar surface area (TPSA) is 49.9 Å². The molecular weight excluding hydrogens is 394 g/mol. The Hall–Kier alpha value is -2.31. The summed E-state index contributed by atoms with van der Waals surface area (Å²) in [6.45, 7) is 1.45. The minimum absolute atomic E-state index is 0.0927. The van der Waals surface area contributed by atoms with Gasteiger partial charge in [0, 0.05) is 26.2 Å². The molecule has 1 amide bonds. The van der Waals surface area contributed by atoms with E-state index in [1.165, 1.54) is 12.1 Å². The molecule has 1 aliphatic rings. The van der Waals surface area contributed by atoms with Gasteiger partial charge in [-0.2, -0.15) is 0 Å². The Morgan fingerprint density at radius 1 is 1.00 bits per heavy atom. The molecule has 0 N–H and O–H groups in total. The number of para-hydroxylation sites is 1. The van der Waals surface area contributed by atoms with Crippen LogP contribution in [0.1, 0.15) is 10.4 Å². The van der Waals surface area contributed by atoms with Gasteiger partial charge in [0.15, 0.2) is 6.61 Å². The lowest BCUT2D eigenvalue weighted by molar-refractivity contribution is -0.134. The van der Waals surface area contributed by atoms with Crippen molar-refractivity contribution in [3.63, 3.8) is 0 Å². The predicted octanol–water partition coefficient (Wildman–Crippen LogP) is 3.64. The Kier molecular flexibility index (Phi) is 6.19. The van der Waals surface area contributed by atoms with E-state index in [9.17, 15) is 14.0 Å². The molecule has 0 aromatic heterocycles. The highest BCUT2D eigenvalue weighted by molar-refractivity contribution is 6.43. The molecule has 1 heterocycles. The van der Waals surface area contributed by atoms with Crippen molar-refractivity contribution >= 4 is 40.8 Å². The molecule has 0 unspecified atom stereocenters. The lowest BCUT2D eigenvalue weighted by Crippen LogP contribution is -2.50. The molecule has 0 atom stereocenters. The second kappa shape index (κ2) is 8.59. The zero-order valence-electron chi connectivity index (χ0n) is 14.3. The van der Waals surface area contributed by atoms with Crippen molar-refractivity contribution in [3.8, 4) is 0 Å². The maximum atomic E-state index is 13.9. The lowest BCUT2D eigenvalue weighted by Gasteiger charge is -2.36. The van der Waals surface area contributed by atoms with Gasteiger partial charge < -0.3 is 14.5 Å². The van der Waals surface area contributed by atoms with Crippen molar-refractivity contribution in [2.45, 2.75) is 0 Å². The fourth-order valence-electron chi connectivity index (χ4n) is 2.86. The lowest BCUT2D eigenvalue weighted by atomic mass is 10.2. The fourth-order valence-corrected chi connectivity index (χ4v) is 3.24. The number of benzene rings is 2. The largest absolute Gasteiger partial charge is 0.452 e. The molecule has 0 radical (unpaired) electrons. The monoisotopic (exact) mass is 410 g/mol. The molecule has 27 heavy (non-hydrogen) atoms. The van der Waals surface area contributed by atoms with Crippen LogP contribution in [0.2, 0.25) is 10.0 Å². The third-order valence-corrected chi connectivity index (χ3v) is 5.14. The van der Waals surface area contributed by atoms with Crippen molar-refractivity contribution in [1.82, 2.24) is 4.90 Å². The number of hydrogen-bond donors (Lipinski definition) is 0. The van der Waals surface area contributed by atoms with Crippen LogP contribution in [0, 0.1) is 5.82 Å². The number of halogens is 3. The highest BCUT2D eigenvalue weighted by atomic mass is 35.5. The smallest absolute Gasteiger partial charge is 0.340 e. The third kappa shape index (κ3) is 4.51. The first kappa shape index (κ1) is 19.5. The van der Waals surface area contributed by atoms with Crippen LogP contribution in [0.15, 0.2) is 42.5 Å². The van der Waals surface area contributed by atoms with Gasteiger partial charge in [0.2, 0.25) is 0 Å². The summed E-state index contributed by atoms with van der Waals surface area (Å²) in [6, 6.07) is 11.1. The summed E-state index contributed by atoms with van der Waals surface area (Å²) in [5.41, 5.74) is 0.632.